The molecule has 3 aromatic rings. The molecule has 4 N–H and O–H groups in total. The predicted octanol–water partition coefficient (Wildman–Crippen LogP) is 0.175. The average molecular weight is 541 g/mol. The number of carbonyl (C=O) groups excluding carboxylic acids is 2. The van der Waals surface area contributed by atoms with Crippen molar-refractivity contribution < 1.29 is 40.3 Å². The molecule has 2 heterocycles. The van der Waals surface area contributed by atoms with Gasteiger partial charge in [0.15, 0.2) is 0 Å². The van der Waals surface area contributed by atoms with Crippen molar-refractivity contribution in [3.8, 4) is 5.75 Å². The number of amides is 2. The number of hydrogen-bond acceptors (Lipinski definition) is 9. The Kier molecular flexibility index (Phi) is 6.80. The van der Waals surface area contributed by atoms with Crippen molar-refractivity contribution in [2.24, 2.45) is 7.05 Å². The molecular formula is C21H24N4O9S2. The van der Waals surface area contributed by atoms with Gasteiger partial charge >= 0.3 is 0 Å². The summed E-state index contributed by atoms with van der Waals surface area (Å²) in [7, 11) is -5.46. The largest absolute Gasteiger partial charge is 0.497 e. The van der Waals surface area contributed by atoms with Gasteiger partial charge in [0.05, 0.1) is 24.3 Å². The fraction of sp³-hybridized carbons (Fsp3) is 0.333. The van der Waals surface area contributed by atoms with Crippen LogP contribution in [0.25, 0.3) is 21.8 Å². The van der Waals surface area contributed by atoms with Crippen LogP contribution in [0.2, 0.25) is 0 Å². The minimum atomic E-state index is -4.40. The molecule has 0 saturated carbocycles. The van der Waals surface area contributed by atoms with E-state index in [0.717, 1.165) is 10.4 Å². The van der Waals surface area contributed by atoms with Crippen LogP contribution in [0, 0.1) is 0 Å². The summed E-state index contributed by atoms with van der Waals surface area (Å²) in [5.41, 5.74) is 1.80. The smallest absolute Gasteiger partial charge is 0.278 e. The van der Waals surface area contributed by atoms with Gasteiger partial charge in [-0.25, -0.2) is 0 Å². The molecule has 4 rings (SSSR count). The van der Waals surface area contributed by atoms with E-state index in [9.17, 15) is 26.4 Å². The summed E-state index contributed by atoms with van der Waals surface area (Å²) in [4.78, 5) is 27.9. The molecule has 13 nitrogen and oxygen atoms in total. The van der Waals surface area contributed by atoms with Gasteiger partial charge in [-0.3, -0.25) is 34.2 Å². The Morgan fingerprint density at radius 3 is 2.06 bits per heavy atom. The molecule has 0 unspecified atom stereocenters. The Morgan fingerprint density at radius 1 is 0.917 bits per heavy atom. The van der Waals surface area contributed by atoms with Gasteiger partial charge in [-0.15, -0.1) is 0 Å². The number of hydrogen-bond donors (Lipinski definition) is 4. The highest BCUT2D eigenvalue weighted by atomic mass is 32.2. The number of benzene rings is 2. The van der Waals surface area contributed by atoms with E-state index in [1.807, 2.05) is 17.7 Å². The van der Waals surface area contributed by atoms with Gasteiger partial charge in [0.2, 0.25) is 0 Å². The lowest BCUT2D eigenvalue weighted by molar-refractivity contribution is 0.0584. The molecule has 0 aliphatic carbocycles. The lowest BCUT2D eigenvalue weighted by Gasteiger charge is -2.26. The van der Waals surface area contributed by atoms with Gasteiger partial charge in [0.1, 0.15) is 17.5 Å². The summed E-state index contributed by atoms with van der Waals surface area (Å²) in [6, 6.07) is 7.57. The lowest BCUT2D eigenvalue weighted by atomic mass is 10.0. The van der Waals surface area contributed by atoms with Crippen LogP contribution in [0.1, 0.15) is 20.7 Å². The van der Waals surface area contributed by atoms with Crippen molar-refractivity contribution in [2.45, 2.75) is 6.04 Å². The maximum Gasteiger partial charge on any atom is 0.278 e. The second-order valence-corrected chi connectivity index (χ2v) is 11.2. The zero-order chi connectivity index (χ0) is 26.4. The number of rotatable bonds is 10. The average Bonchev–Trinajstić information content (AvgIpc) is 3.21. The third kappa shape index (κ3) is 4.93. The highest BCUT2D eigenvalue weighted by molar-refractivity contribution is 7.85. The fourth-order valence-corrected chi connectivity index (χ4v) is 5.20. The Labute approximate surface area is 206 Å². The molecule has 0 radical (unpaired) electrons. The third-order valence-electron chi connectivity index (χ3n) is 5.95. The first kappa shape index (κ1) is 26.0. The number of ether oxygens (including phenoxy) is 1. The third-order valence-corrected chi connectivity index (χ3v) is 7.09. The van der Waals surface area contributed by atoms with Crippen LogP contribution in [-0.2, 0) is 27.3 Å². The van der Waals surface area contributed by atoms with Crippen LogP contribution in [0.4, 0.5) is 0 Å². The van der Waals surface area contributed by atoms with Gasteiger partial charge in [-0.2, -0.15) is 16.8 Å². The van der Waals surface area contributed by atoms with E-state index in [4.69, 9.17) is 13.8 Å². The summed E-state index contributed by atoms with van der Waals surface area (Å²) in [6.45, 7) is -0.563. The van der Waals surface area contributed by atoms with Crippen LogP contribution in [0.3, 0.4) is 0 Å². The standard InChI is InChI=1S/C21H24N4O9S2/c1-24-16-5-3-13(34-2)7-15(16)18-17(24)6-4-14-19(18)21(27)25(20(14)26)12(8-22-10-35(28,29)30)9-23-11-36(31,32)33/h3-7,12,22-23H,8-11H2,1-2H3,(H,28,29,30)(H,31,32,33). The Morgan fingerprint density at radius 2 is 1.50 bits per heavy atom. The molecule has 194 valence electrons. The molecule has 0 atom stereocenters. The van der Waals surface area contributed by atoms with Crippen molar-refractivity contribution >= 4 is 53.9 Å². The van der Waals surface area contributed by atoms with E-state index in [1.54, 1.807) is 18.2 Å². The maximum absolute atomic E-state index is 13.7. The molecule has 2 aromatic carbocycles. The summed E-state index contributed by atoms with van der Waals surface area (Å²) >= 11 is 0. The number of nitrogens with one attached hydrogen (secondary N) is 2. The molecule has 1 aliphatic heterocycles. The highest BCUT2D eigenvalue weighted by Crippen LogP contribution is 2.38. The predicted molar refractivity (Wildman–Crippen MR) is 130 cm³/mol. The van der Waals surface area contributed by atoms with E-state index < -0.39 is 49.8 Å². The summed E-state index contributed by atoms with van der Waals surface area (Å²) in [5.74, 6) is -2.44. The number of imide groups is 1. The van der Waals surface area contributed by atoms with E-state index in [-0.39, 0.29) is 24.2 Å². The van der Waals surface area contributed by atoms with Gasteiger partial charge < -0.3 is 9.30 Å². The van der Waals surface area contributed by atoms with E-state index in [1.165, 1.54) is 13.2 Å². The minimum absolute atomic E-state index is 0.136. The molecule has 0 spiro atoms. The summed E-state index contributed by atoms with van der Waals surface area (Å²) in [6.07, 6.45) is 0. The number of carbonyl (C=O) groups is 2. The molecule has 0 bridgehead atoms. The molecule has 36 heavy (non-hydrogen) atoms. The van der Waals surface area contributed by atoms with Crippen LogP contribution in [0.15, 0.2) is 30.3 Å². The zero-order valence-corrected chi connectivity index (χ0v) is 20.9. The molecule has 0 saturated heterocycles. The Balaban J connectivity index is 1.77. The highest BCUT2D eigenvalue weighted by Gasteiger charge is 2.42. The number of fused-ring (bicyclic) bond motifs is 5. The first-order valence-corrected chi connectivity index (χ1v) is 13.8. The normalized spacial score (nSPS) is 14.4. The zero-order valence-electron chi connectivity index (χ0n) is 19.3. The molecule has 2 amide bonds. The van der Waals surface area contributed by atoms with Gasteiger partial charge in [-0.1, -0.05) is 0 Å². The number of aryl methyl sites for hydroxylation is 1. The SMILES string of the molecule is COc1ccc2c(c1)c1c3c(ccc1n2C)C(=O)N(C(CNCS(=O)(=O)O)CNCS(=O)(=O)O)C3=O. The van der Waals surface area contributed by atoms with Crippen molar-refractivity contribution in [3.63, 3.8) is 0 Å². The minimum Gasteiger partial charge on any atom is -0.497 e. The number of nitrogens with zero attached hydrogens (tertiary/aromatic N) is 2. The van der Waals surface area contributed by atoms with E-state index >= 15 is 0 Å². The maximum atomic E-state index is 13.7. The fourth-order valence-electron chi connectivity index (χ4n) is 4.45. The van der Waals surface area contributed by atoms with Crippen LogP contribution >= 0.6 is 0 Å². The number of methoxy groups -OCH3 is 1. The molecule has 1 aliphatic rings. The van der Waals surface area contributed by atoms with E-state index in [2.05, 4.69) is 10.6 Å². The monoisotopic (exact) mass is 540 g/mol. The Hall–Kier alpha value is -3.08. The molecule has 15 heteroatoms. The van der Waals surface area contributed by atoms with Crippen LogP contribution in [-0.4, -0.2) is 85.2 Å². The molecule has 1 aromatic heterocycles. The van der Waals surface area contributed by atoms with Crippen molar-refractivity contribution in [1.29, 1.82) is 0 Å². The Bertz CT molecular complexity index is 1560. The topological polar surface area (TPSA) is 184 Å². The van der Waals surface area contributed by atoms with E-state index in [0.29, 0.717) is 22.0 Å². The lowest BCUT2D eigenvalue weighted by Crippen LogP contribution is -2.51. The molecule has 0 fully saturated rings. The quantitative estimate of drug-likeness (QED) is 0.203. The summed E-state index contributed by atoms with van der Waals surface area (Å²) < 4.78 is 69.7. The van der Waals surface area contributed by atoms with Crippen LogP contribution < -0.4 is 15.4 Å². The number of aromatic nitrogens is 1. The summed E-state index contributed by atoms with van der Waals surface area (Å²) in [5, 5.41) is 6.13. The first-order chi connectivity index (χ1) is 16.8. The first-order valence-electron chi connectivity index (χ1n) is 10.6. The van der Waals surface area contributed by atoms with Gasteiger partial charge in [0, 0.05) is 41.9 Å². The van der Waals surface area contributed by atoms with Crippen molar-refractivity contribution in [1.82, 2.24) is 20.1 Å². The second-order valence-electron chi connectivity index (χ2n) is 8.32. The second kappa shape index (κ2) is 9.42. The molecular weight excluding hydrogens is 516 g/mol. The van der Waals surface area contributed by atoms with Crippen molar-refractivity contribution in [2.75, 3.05) is 32.0 Å². The van der Waals surface area contributed by atoms with Gasteiger partial charge in [0.25, 0.3) is 32.1 Å². The van der Waals surface area contributed by atoms with Crippen LogP contribution in [0.5, 0.6) is 5.75 Å². The van der Waals surface area contributed by atoms with Crippen molar-refractivity contribution in [3.05, 3.63) is 41.5 Å². The van der Waals surface area contributed by atoms with Gasteiger partial charge in [-0.05, 0) is 30.3 Å².